The minimum atomic E-state index is -0.870. The topological polar surface area (TPSA) is 107 Å². The molecule has 86 valence electrons. The average molecular weight is 233 g/mol. The monoisotopic (exact) mass is 233 g/mol. The first-order valence-electron chi connectivity index (χ1n) is 4.48. The number of hydrogen-bond acceptors (Lipinski definition) is 4. The number of nitrogens with two attached hydrogens (primary N) is 2. The second-order valence-corrected chi connectivity index (χ2v) is 3.29. The molecule has 0 aliphatic rings. The van der Waals surface area contributed by atoms with Crippen LogP contribution in [0.4, 0.5) is 4.79 Å². The Bertz CT molecular complexity index is 258. The third-order valence-electron chi connectivity index (χ3n) is 1.71. The summed E-state index contributed by atoms with van der Waals surface area (Å²) in [4.78, 5) is 21.8. The van der Waals surface area contributed by atoms with Crippen LogP contribution in [0, 0.1) is 5.92 Å². The third kappa shape index (κ3) is 5.84. The summed E-state index contributed by atoms with van der Waals surface area (Å²) in [5, 5.41) is 2.53. The number of carbonyl (C=O) groups excluding carboxylic acids is 2. The number of amides is 2. The molecule has 0 saturated carbocycles. The van der Waals surface area contributed by atoms with Crippen molar-refractivity contribution in [2.45, 2.75) is 13.3 Å². The standard InChI is InChI=1S/C8H15N3O3S/c1-2-5(6(9)15)7(12)11-3-4-14-8(10)13/h5H,2-4H2,1H3,(H2,9,15)(H2,10,13)(H,11,12). The van der Waals surface area contributed by atoms with Crippen molar-refractivity contribution in [1.29, 1.82) is 0 Å². The average Bonchev–Trinajstić information content (AvgIpc) is 2.12. The molecule has 0 fully saturated rings. The Kier molecular flexibility index (Phi) is 6.35. The molecule has 7 heteroatoms. The Hall–Kier alpha value is -1.37. The largest absolute Gasteiger partial charge is 0.448 e. The number of carbonyl (C=O) groups is 2. The lowest BCUT2D eigenvalue weighted by molar-refractivity contribution is -0.123. The molecule has 0 aliphatic carbocycles. The van der Waals surface area contributed by atoms with E-state index in [4.69, 9.17) is 23.7 Å². The Morgan fingerprint density at radius 1 is 1.47 bits per heavy atom. The fourth-order valence-electron chi connectivity index (χ4n) is 0.965. The molecular weight excluding hydrogens is 218 g/mol. The molecular formula is C8H15N3O3S. The van der Waals surface area contributed by atoms with Crippen molar-refractivity contribution in [3.8, 4) is 0 Å². The van der Waals surface area contributed by atoms with Gasteiger partial charge < -0.3 is 21.5 Å². The molecule has 1 atom stereocenters. The molecule has 0 radical (unpaired) electrons. The maximum absolute atomic E-state index is 11.4. The van der Waals surface area contributed by atoms with Crippen LogP contribution in [0.3, 0.4) is 0 Å². The van der Waals surface area contributed by atoms with Crippen LogP contribution in [-0.2, 0) is 9.53 Å². The van der Waals surface area contributed by atoms with Crippen LogP contribution in [-0.4, -0.2) is 30.1 Å². The second-order valence-electron chi connectivity index (χ2n) is 2.82. The first-order valence-corrected chi connectivity index (χ1v) is 4.89. The normalized spacial score (nSPS) is 11.5. The number of hydrogen-bond donors (Lipinski definition) is 3. The highest BCUT2D eigenvalue weighted by atomic mass is 32.1. The first kappa shape index (κ1) is 13.6. The van der Waals surface area contributed by atoms with Crippen LogP contribution in [0.15, 0.2) is 0 Å². The highest BCUT2D eigenvalue weighted by Gasteiger charge is 2.18. The number of primary amides is 1. The van der Waals surface area contributed by atoms with E-state index in [2.05, 4.69) is 10.1 Å². The number of thiocarbonyl (C=S) groups is 1. The van der Waals surface area contributed by atoms with Crippen LogP contribution in [0.2, 0.25) is 0 Å². The van der Waals surface area contributed by atoms with Gasteiger partial charge in [-0.1, -0.05) is 19.1 Å². The van der Waals surface area contributed by atoms with Crippen LogP contribution in [0.1, 0.15) is 13.3 Å². The third-order valence-corrected chi connectivity index (χ3v) is 2.00. The van der Waals surface area contributed by atoms with E-state index in [-0.39, 0.29) is 24.0 Å². The number of rotatable bonds is 6. The lowest BCUT2D eigenvalue weighted by atomic mass is 10.1. The van der Waals surface area contributed by atoms with Crippen molar-refractivity contribution in [2.75, 3.05) is 13.2 Å². The predicted molar refractivity (Wildman–Crippen MR) is 59.1 cm³/mol. The van der Waals surface area contributed by atoms with Crippen molar-refractivity contribution < 1.29 is 14.3 Å². The molecule has 0 aromatic carbocycles. The van der Waals surface area contributed by atoms with Gasteiger partial charge in [-0.15, -0.1) is 0 Å². The van der Waals surface area contributed by atoms with E-state index in [0.717, 1.165) is 0 Å². The minimum Gasteiger partial charge on any atom is -0.448 e. The van der Waals surface area contributed by atoms with Crippen molar-refractivity contribution >= 4 is 29.2 Å². The van der Waals surface area contributed by atoms with E-state index in [0.29, 0.717) is 6.42 Å². The summed E-state index contributed by atoms with van der Waals surface area (Å²) in [6.07, 6.45) is -0.330. The van der Waals surface area contributed by atoms with Gasteiger partial charge in [0.15, 0.2) is 0 Å². The Morgan fingerprint density at radius 3 is 2.47 bits per heavy atom. The van der Waals surface area contributed by atoms with Crippen molar-refractivity contribution in [2.24, 2.45) is 17.4 Å². The molecule has 0 aliphatic heterocycles. The molecule has 15 heavy (non-hydrogen) atoms. The van der Waals surface area contributed by atoms with Crippen molar-refractivity contribution in [3.63, 3.8) is 0 Å². The van der Waals surface area contributed by atoms with Gasteiger partial charge in [-0.3, -0.25) is 4.79 Å². The molecule has 0 rings (SSSR count). The molecule has 1 unspecified atom stereocenters. The summed E-state index contributed by atoms with van der Waals surface area (Å²) in [7, 11) is 0. The van der Waals surface area contributed by atoms with Crippen LogP contribution in [0.5, 0.6) is 0 Å². The zero-order valence-electron chi connectivity index (χ0n) is 8.49. The zero-order chi connectivity index (χ0) is 11.8. The summed E-state index contributed by atoms with van der Waals surface area (Å²) in [5.41, 5.74) is 10.1. The maximum Gasteiger partial charge on any atom is 0.404 e. The molecule has 5 N–H and O–H groups in total. The van der Waals surface area contributed by atoms with Gasteiger partial charge in [-0.05, 0) is 6.42 Å². The van der Waals surface area contributed by atoms with Gasteiger partial charge in [0, 0.05) is 0 Å². The Morgan fingerprint density at radius 2 is 2.07 bits per heavy atom. The molecule has 0 aromatic heterocycles. The predicted octanol–water partition coefficient (Wildman–Crippen LogP) is -0.490. The van der Waals surface area contributed by atoms with E-state index >= 15 is 0 Å². The molecule has 0 heterocycles. The first-order chi connectivity index (χ1) is 6.99. The summed E-state index contributed by atoms with van der Waals surface area (Å²) in [6.45, 7) is 2.04. The van der Waals surface area contributed by atoms with Gasteiger partial charge in [-0.2, -0.15) is 0 Å². The van der Waals surface area contributed by atoms with Crippen molar-refractivity contribution in [3.05, 3.63) is 0 Å². The quantitative estimate of drug-likeness (QED) is 0.424. The SMILES string of the molecule is CCC(C(=O)NCCOC(N)=O)C(N)=S. The van der Waals surface area contributed by atoms with E-state index in [1.54, 1.807) is 0 Å². The van der Waals surface area contributed by atoms with Gasteiger partial charge in [-0.25, -0.2) is 4.79 Å². The van der Waals surface area contributed by atoms with Gasteiger partial charge in [0.2, 0.25) is 5.91 Å². The van der Waals surface area contributed by atoms with Gasteiger partial charge in [0.25, 0.3) is 0 Å². The summed E-state index contributed by atoms with van der Waals surface area (Å²) >= 11 is 4.72. The highest BCUT2D eigenvalue weighted by molar-refractivity contribution is 7.80. The molecule has 0 saturated heterocycles. The number of ether oxygens (including phenoxy) is 1. The van der Waals surface area contributed by atoms with Gasteiger partial charge in [0.05, 0.1) is 17.5 Å². The number of nitrogens with one attached hydrogen (secondary N) is 1. The molecule has 0 aromatic rings. The zero-order valence-corrected chi connectivity index (χ0v) is 9.30. The van der Waals surface area contributed by atoms with Gasteiger partial charge in [0.1, 0.15) is 6.61 Å². The van der Waals surface area contributed by atoms with E-state index in [1.165, 1.54) is 0 Å². The van der Waals surface area contributed by atoms with E-state index in [9.17, 15) is 9.59 Å². The molecule has 0 spiro atoms. The van der Waals surface area contributed by atoms with Crippen LogP contribution >= 0.6 is 12.2 Å². The summed E-state index contributed by atoms with van der Waals surface area (Å²) in [6, 6.07) is 0. The smallest absolute Gasteiger partial charge is 0.404 e. The van der Waals surface area contributed by atoms with Gasteiger partial charge >= 0.3 is 6.09 Å². The van der Waals surface area contributed by atoms with Crippen molar-refractivity contribution in [1.82, 2.24) is 5.32 Å². The van der Waals surface area contributed by atoms with E-state index < -0.39 is 12.0 Å². The molecule has 2 amide bonds. The summed E-state index contributed by atoms with van der Waals surface area (Å²) in [5.74, 6) is -0.744. The Balaban J connectivity index is 3.82. The van der Waals surface area contributed by atoms with Crippen LogP contribution in [0.25, 0.3) is 0 Å². The lowest BCUT2D eigenvalue weighted by Crippen LogP contribution is -2.39. The Labute approximate surface area is 93.3 Å². The van der Waals surface area contributed by atoms with E-state index in [1.807, 2.05) is 6.92 Å². The second kappa shape index (κ2) is 6.99. The summed E-state index contributed by atoms with van der Waals surface area (Å²) < 4.78 is 4.43. The fraction of sp³-hybridized carbons (Fsp3) is 0.625. The maximum atomic E-state index is 11.4. The highest BCUT2D eigenvalue weighted by Crippen LogP contribution is 2.02. The lowest BCUT2D eigenvalue weighted by Gasteiger charge is -2.12. The minimum absolute atomic E-state index is 0.0365. The fourth-order valence-corrected chi connectivity index (χ4v) is 1.24. The molecule has 6 nitrogen and oxygen atoms in total. The molecule has 0 bridgehead atoms. The van der Waals surface area contributed by atoms with Crippen LogP contribution < -0.4 is 16.8 Å².